The van der Waals surface area contributed by atoms with Crippen molar-refractivity contribution in [1.29, 1.82) is 0 Å². The van der Waals surface area contributed by atoms with E-state index in [2.05, 4.69) is 15.8 Å². The van der Waals surface area contributed by atoms with Crippen LogP contribution in [0, 0.1) is 11.6 Å². The Morgan fingerprint density at radius 1 is 1.13 bits per heavy atom. The zero-order valence-corrected chi connectivity index (χ0v) is 13.4. The summed E-state index contributed by atoms with van der Waals surface area (Å²) in [5, 5.41) is 7.25. The first-order chi connectivity index (χ1) is 11.0. The van der Waals surface area contributed by atoms with Crippen LogP contribution in [-0.4, -0.2) is 17.9 Å². The normalized spacial score (nSPS) is 11.0. The lowest BCUT2D eigenvalue weighted by Crippen LogP contribution is -2.25. The summed E-state index contributed by atoms with van der Waals surface area (Å²) in [5.74, 6) is -1.13. The van der Waals surface area contributed by atoms with Crippen molar-refractivity contribution in [1.82, 2.24) is 5.43 Å². The minimum atomic E-state index is -0.922. The smallest absolute Gasteiger partial charge is 0.191 e. The molecule has 0 aliphatic rings. The molecular weight excluding hydrogens is 320 g/mol. The predicted octanol–water partition coefficient (Wildman–Crippen LogP) is 3.68. The molecule has 2 rings (SSSR count). The predicted molar refractivity (Wildman–Crippen MR) is 90.9 cm³/mol. The lowest BCUT2D eigenvalue weighted by Gasteiger charge is -2.09. The number of hydrogen-bond acceptors (Lipinski definition) is 3. The summed E-state index contributed by atoms with van der Waals surface area (Å²) in [6.07, 6.45) is 0. The largest absolute Gasteiger partial charge is 0.497 e. The maximum Gasteiger partial charge on any atom is 0.191 e. The zero-order valence-electron chi connectivity index (χ0n) is 12.6. The first-order valence-corrected chi connectivity index (χ1v) is 7.11. The Labute approximate surface area is 138 Å². The molecule has 0 bridgehead atoms. The molecule has 0 atom stereocenters. The minimum absolute atomic E-state index is 0.264. The van der Waals surface area contributed by atoms with E-state index in [0.29, 0.717) is 17.0 Å². The number of anilines is 1. The van der Waals surface area contributed by atoms with Crippen molar-refractivity contribution in [2.45, 2.75) is 6.92 Å². The number of thiocarbonyl (C=S) groups is 1. The fourth-order valence-electron chi connectivity index (χ4n) is 1.78. The number of methoxy groups -OCH3 is 1. The van der Waals surface area contributed by atoms with Crippen LogP contribution in [0.3, 0.4) is 0 Å². The summed E-state index contributed by atoms with van der Waals surface area (Å²) < 4.78 is 31.2. The van der Waals surface area contributed by atoms with Crippen molar-refractivity contribution >= 4 is 28.7 Å². The molecule has 2 aromatic carbocycles. The molecule has 0 saturated heterocycles. The highest BCUT2D eigenvalue weighted by molar-refractivity contribution is 7.80. The van der Waals surface area contributed by atoms with Gasteiger partial charge < -0.3 is 10.1 Å². The highest BCUT2D eigenvalue weighted by Gasteiger charge is 2.05. The zero-order chi connectivity index (χ0) is 16.8. The number of benzene rings is 2. The Bertz CT molecular complexity index is 750. The Morgan fingerprint density at radius 2 is 1.91 bits per heavy atom. The van der Waals surface area contributed by atoms with Crippen molar-refractivity contribution in [2.75, 3.05) is 12.4 Å². The molecule has 0 aliphatic carbocycles. The molecular formula is C16H15F2N3OS. The molecule has 0 aromatic heterocycles. The molecule has 0 amide bonds. The van der Waals surface area contributed by atoms with Gasteiger partial charge in [-0.15, -0.1) is 0 Å². The van der Waals surface area contributed by atoms with E-state index in [9.17, 15) is 8.78 Å². The van der Waals surface area contributed by atoms with Crippen LogP contribution >= 0.6 is 12.2 Å². The van der Waals surface area contributed by atoms with Gasteiger partial charge in [-0.3, -0.25) is 5.43 Å². The average molecular weight is 335 g/mol. The first-order valence-electron chi connectivity index (χ1n) is 6.70. The van der Waals surface area contributed by atoms with Crippen molar-refractivity contribution in [3.8, 4) is 5.75 Å². The third kappa shape index (κ3) is 4.72. The van der Waals surface area contributed by atoms with Gasteiger partial charge in [-0.2, -0.15) is 5.10 Å². The van der Waals surface area contributed by atoms with Gasteiger partial charge in [0.25, 0.3) is 0 Å². The standard InChI is InChI=1S/C16H15F2N3OS/c1-10(11-6-7-14(17)15(18)8-11)20-21-16(23)19-12-4-3-5-13(9-12)22-2/h3-9H,1-2H3,(H2,19,21,23)/b20-10+. The molecule has 0 heterocycles. The van der Waals surface area contributed by atoms with E-state index >= 15 is 0 Å². The molecule has 0 spiro atoms. The third-order valence-corrected chi connectivity index (χ3v) is 3.18. The molecule has 120 valence electrons. The van der Waals surface area contributed by atoms with E-state index in [0.717, 1.165) is 17.8 Å². The van der Waals surface area contributed by atoms with Crippen LogP contribution in [0.4, 0.5) is 14.5 Å². The highest BCUT2D eigenvalue weighted by atomic mass is 32.1. The second-order valence-corrected chi connectivity index (χ2v) is 5.03. The highest BCUT2D eigenvalue weighted by Crippen LogP contribution is 2.16. The maximum absolute atomic E-state index is 13.2. The molecule has 0 saturated carbocycles. The van der Waals surface area contributed by atoms with Gasteiger partial charge in [0.15, 0.2) is 16.7 Å². The van der Waals surface area contributed by atoms with Gasteiger partial charge in [0.1, 0.15) is 5.75 Å². The average Bonchev–Trinajstić information content (AvgIpc) is 2.55. The summed E-state index contributed by atoms with van der Waals surface area (Å²) in [4.78, 5) is 0. The Morgan fingerprint density at radius 3 is 2.61 bits per heavy atom. The van der Waals surface area contributed by atoms with E-state index < -0.39 is 11.6 Å². The lowest BCUT2D eigenvalue weighted by molar-refractivity contribution is 0.415. The third-order valence-electron chi connectivity index (χ3n) is 2.99. The van der Waals surface area contributed by atoms with Gasteiger partial charge in [0, 0.05) is 17.3 Å². The summed E-state index contributed by atoms with van der Waals surface area (Å²) in [5.41, 5.74) is 4.32. The van der Waals surface area contributed by atoms with Crippen LogP contribution in [0.25, 0.3) is 0 Å². The Balaban J connectivity index is 2.00. The number of halogens is 2. The Kier molecular flexibility index (Phi) is 5.59. The molecule has 7 heteroatoms. The van der Waals surface area contributed by atoms with Crippen molar-refractivity contribution in [2.24, 2.45) is 5.10 Å². The minimum Gasteiger partial charge on any atom is -0.497 e. The molecule has 0 unspecified atom stereocenters. The molecule has 0 aliphatic heterocycles. The number of ether oxygens (including phenoxy) is 1. The summed E-state index contributed by atoms with van der Waals surface area (Å²) >= 11 is 5.13. The molecule has 0 radical (unpaired) electrons. The van der Waals surface area contributed by atoms with Crippen LogP contribution in [0.1, 0.15) is 12.5 Å². The van der Waals surface area contributed by atoms with Crippen LogP contribution in [0.5, 0.6) is 5.75 Å². The SMILES string of the molecule is COc1cccc(NC(=S)N/N=C(\C)c2ccc(F)c(F)c2)c1. The van der Waals surface area contributed by atoms with E-state index in [1.165, 1.54) is 6.07 Å². The van der Waals surface area contributed by atoms with Crippen molar-refractivity contribution < 1.29 is 13.5 Å². The van der Waals surface area contributed by atoms with E-state index in [4.69, 9.17) is 17.0 Å². The lowest BCUT2D eigenvalue weighted by atomic mass is 10.1. The van der Waals surface area contributed by atoms with Crippen LogP contribution in [0.2, 0.25) is 0 Å². The molecule has 4 nitrogen and oxygen atoms in total. The number of hydrogen-bond donors (Lipinski definition) is 2. The van der Waals surface area contributed by atoms with E-state index in [-0.39, 0.29) is 5.11 Å². The number of rotatable bonds is 4. The van der Waals surface area contributed by atoms with Gasteiger partial charge >= 0.3 is 0 Å². The van der Waals surface area contributed by atoms with E-state index in [1.807, 2.05) is 18.2 Å². The number of hydrazone groups is 1. The van der Waals surface area contributed by atoms with Gasteiger partial charge in [0.05, 0.1) is 12.8 Å². The fraction of sp³-hybridized carbons (Fsp3) is 0.125. The van der Waals surface area contributed by atoms with Gasteiger partial charge in [-0.05, 0) is 49.5 Å². The molecule has 23 heavy (non-hydrogen) atoms. The van der Waals surface area contributed by atoms with Crippen LogP contribution in [0.15, 0.2) is 47.6 Å². The van der Waals surface area contributed by atoms with Crippen molar-refractivity contribution in [3.05, 3.63) is 59.7 Å². The van der Waals surface area contributed by atoms with Crippen LogP contribution < -0.4 is 15.5 Å². The van der Waals surface area contributed by atoms with Gasteiger partial charge in [0.2, 0.25) is 0 Å². The summed E-state index contributed by atoms with van der Waals surface area (Å²) in [7, 11) is 1.57. The maximum atomic E-state index is 13.2. The number of nitrogens with one attached hydrogen (secondary N) is 2. The molecule has 2 aromatic rings. The summed E-state index contributed by atoms with van der Waals surface area (Å²) in [6, 6.07) is 10.8. The molecule has 0 fully saturated rings. The number of nitrogens with zero attached hydrogens (tertiary/aromatic N) is 1. The summed E-state index contributed by atoms with van der Waals surface area (Å²) in [6.45, 7) is 1.66. The Hall–Kier alpha value is -2.54. The van der Waals surface area contributed by atoms with Gasteiger partial charge in [-0.1, -0.05) is 6.07 Å². The molecule has 2 N–H and O–H groups in total. The second kappa shape index (κ2) is 7.64. The fourth-order valence-corrected chi connectivity index (χ4v) is 1.94. The van der Waals surface area contributed by atoms with Gasteiger partial charge in [-0.25, -0.2) is 8.78 Å². The van der Waals surface area contributed by atoms with E-state index in [1.54, 1.807) is 20.1 Å². The van der Waals surface area contributed by atoms with Crippen molar-refractivity contribution in [3.63, 3.8) is 0 Å². The monoisotopic (exact) mass is 335 g/mol. The quantitative estimate of drug-likeness (QED) is 0.508. The first kappa shape index (κ1) is 16.8. The van der Waals surface area contributed by atoms with Crippen LogP contribution in [-0.2, 0) is 0 Å². The second-order valence-electron chi connectivity index (χ2n) is 4.62. The topological polar surface area (TPSA) is 45.6 Å².